The Hall–Kier alpha value is -3.17. The SMILES string of the molecule is Cc1cc2cc3oc4ccnc(-c5cc(C(C)(C)C)c6ccccc6c5)c4c3cc2s1. The lowest BCUT2D eigenvalue weighted by molar-refractivity contribution is 0.596. The highest BCUT2D eigenvalue weighted by atomic mass is 32.1. The molecule has 0 aliphatic heterocycles. The maximum atomic E-state index is 6.28. The largest absolute Gasteiger partial charge is 0.456 e. The Kier molecular flexibility index (Phi) is 3.85. The van der Waals surface area contributed by atoms with Crippen molar-refractivity contribution in [2.75, 3.05) is 0 Å². The minimum Gasteiger partial charge on any atom is -0.456 e. The third-order valence-electron chi connectivity index (χ3n) is 6.09. The molecule has 0 atom stereocenters. The van der Waals surface area contributed by atoms with Crippen molar-refractivity contribution in [1.29, 1.82) is 0 Å². The summed E-state index contributed by atoms with van der Waals surface area (Å²) in [6.45, 7) is 8.97. The van der Waals surface area contributed by atoms with Gasteiger partial charge in [0.25, 0.3) is 0 Å². The average Bonchev–Trinajstić information content (AvgIpc) is 3.28. The van der Waals surface area contributed by atoms with Crippen molar-refractivity contribution in [3.63, 3.8) is 0 Å². The van der Waals surface area contributed by atoms with Gasteiger partial charge in [0.2, 0.25) is 0 Å². The molecule has 152 valence electrons. The average molecular weight is 422 g/mol. The normalized spacial score (nSPS) is 12.5. The zero-order valence-electron chi connectivity index (χ0n) is 18.1. The predicted molar refractivity (Wildman–Crippen MR) is 133 cm³/mol. The summed E-state index contributed by atoms with van der Waals surface area (Å²) in [6.07, 6.45) is 1.86. The molecule has 3 heterocycles. The summed E-state index contributed by atoms with van der Waals surface area (Å²) >= 11 is 1.83. The molecule has 2 nitrogen and oxygen atoms in total. The van der Waals surface area contributed by atoms with E-state index in [1.807, 2.05) is 23.6 Å². The summed E-state index contributed by atoms with van der Waals surface area (Å²) in [5.74, 6) is 0. The fourth-order valence-corrected chi connectivity index (χ4v) is 5.62. The molecule has 0 radical (unpaired) electrons. The van der Waals surface area contributed by atoms with Crippen molar-refractivity contribution in [3.05, 3.63) is 77.3 Å². The second-order valence-corrected chi connectivity index (χ2v) is 10.7. The monoisotopic (exact) mass is 421 g/mol. The van der Waals surface area contributed by atoms with E-state index in [0.717, 1.165) is 33.2 Å². The van der Waals surface area contributed by atoms with Gasteiger partial charge < -0.3 is 4.42 Å². The Bertz CT molecular complexity index is 1630. The van der Waals surface area contributed by atoms with Crippen molar-refractivity contribution < 1.29 is 4.42 Å². The molecule has 0 N–H and O–H groups in total. The Morgan fingerprint density at radius 3 is 2.52 bits per heavy atom. The molecule has 0 saturated carbocycles. The number of rotatable bonds is 1. The van der Waals surface area contributed by atoms with Gasteiger partial charge in [-0.25, -0.2) is 0 Å². The van der Waals surface area contributed by atoms with Gasteiger partial charge in [-0.3, -0.25) is 4.98 Å². The number of furan rings is 1. The number of hydrogen-bond donors (Lipinski definition) is 0. The first-order chi connectivity index (χ1) is 14.9. The van der Waals surface area contributed by atoms with E-state index in [4.69, 9.17) is 9.40 Å². The smallest absolute Gasteiger partial charge is 0.139 e. The standard InChI is InChI=1S/C28H23NOS/c1-16-11-18-14-24-21(15-25(18)31-16)26-23(30-24)9-10-29-27(26)19-12-17-7-5-6-8-20(17)22(13-19)28(2,3)4/h5-15H,1-4H3. The Balaban J connectivity index is 1.71. The van der Waals surface area contributed by atoms with Crippen LogP contribution in [0.4, 0.5) is 0 Å². The quantitative estimate of drug-likeness (QED) is 0.265. The third-order valence-corrected chi connectivity index (χ3v) is 7.10. The van der Waals surface area contributed by atoms with Crippen LogP contribution < -0.4 is 0 Å². The van der Waals surface area contributed by atoms with E-state index in [0.29, 0.717) is 0 Å². The van der Waals surface area contributed by atoms with Crippen LogP contribution in [0.15, 0.2) is 71.3 Å². The molecule has 0 fully saturated rings. The molecule has 3 heteroatoms. The molecule has 0 aliphatic carbocycles. The molecule has 6 rings (SSSR count). The Labute approximate surface area is 185 Å². The van der Waals surface area contributed by atoms with Crippen LogP contribution in [-0.2, 0) is 5.41 Å². The molecule has 3 aromatic carbocycles. The molecular weight excluding hydrogens is 398 g/mol. The Morgan fingerprint density at radius 2 is 1.68 bits per heavy atom. The van der Waals surface area contributed by atoms with Crippen LogP contribution in [0.5, 0.6) is 0 Å². The van der Waals surface area contributed by atoms with E-state index in [-0.39, 0.29) is 5.41 Å². The van der Waals surface area contributed by atoms with Crippen molar-refractivity contribution >= 4 is 54.1 Å². The zero-order valence-corrected chi connectivity index (χ0v) is 18.9. The molecule has 0 saturated heterocycles. The van der Waals surface area contributed by atoms with Crippen LogP contribution in [0.1, 0.15) is 31.2 Å². The first kappa shape index (κ1) is 18.6. The van der Waals surface area contributed by atoms with Crippen LogP contribution in [-0.4, -0.2) is 4.98 Å². The van der Waals surface area contributed by atoms with Crippen molar-refractivity contribution in [2.24, 2.45) is 0 Å². The summed E-state index contributed by atoms with van der Waals surface area (Å²) in [5.41, 5.74) is 5.30. The number of nitrogens with zero attached hydrogens (tertiary/aromatic N) is 1. The van der Waals surface area contributed by atoms with Gasteiger partial charge in [-0.05, 0) is 70.5 Å². The maximum Gasteiger partial charge on any atom is 0.139 e. The van der Waals surface area contributed by atoms with Gasteiger partial charge in [-0.2, -0.15) is 0 Å². The topological polar surface area (TPSA) is 26.0 Å². The van der Waals surface area contributed by atoms with E-state index in [9.17, 15) is 0 Å². The number of thiophene rings is 1. The van der Waals surface area contributed by atoms with Gasteiger partial charge in [0.05, 0.1) is 11.1 Å². The zero-order chi connectivity index (χ0) is 21.3. The van der Waals surface area contributed by atoms with Gasteiger partial charge in [0.15, 0.2) is 0 Å². The number of hydrogen-bond acceptors (Lipinski definition) is 3. The minimum atomic E-state index is 0.0304. The van der Waals surface area contributed by atoms with Gasteiger partial charge >= 0.3 is 0 Å². The first-order valence-corrected chi connectivity index (χ1v) is 11.5. The number of pyridine rings is 1. The third kappa shape index (κ3) is 2.88. The molecular formula is C28H23NOS. The molecule has 3 aromatic heterocycles. The van der Waals surface area contributed by atoms with E-state index in [2.05, 4.69) is 82.3 Å². The van der Waals surface area contributed by atoms with Gasteiger partial charge in [-0.1, -0.05) is 45.0 Å². The maximum absolute atomic E-state index is 6.28. The van der Waals surface area contributed by atoms with Crippen LogP contribution in [0, 0.1) is 6.92 Å². The highest BCUT2D eigenvalue weighted by molar-refractivity contribution is 7.19. The molecule has 6 aromatic rings. The van der Waals surface area contributed by atoms with Crippen LogP contribution in [0.3, 0.4) is 0 Å². The van der Waals surface area contributed by atoms with E-state index in [1.54, 1.807) is 0 Å². The number of aromatic nitrogens is 1. The summed E-state index contributed by atoms with van der Waals surface area (Å²) in [6, 6.07) is 21.9. The summed E-state index contributed by atoms with van der Waals surface area (Å²) in [4.78, 5) is 6.17. The van der Waals surface area contributed by atoms with Crippen molar-refractivity contribution in [3.8, 4) is 11.3 Å². The number of aryl methyl sites for hydroxylation is 1. The van der Waals surface area contributed by atoms with Crippen molar-refractivity contribution in [1.82, 2.24) is 4.98 Å². The second kappa shape index (κ2) is 6.41. The highest BCUT2D eigenvalue weighted by Crippen LogP contribution is 2.41. The van der Waals surface area contributed by atoms with Gasteiger partial charge in [0.1, 0.15) is 11.2 Å². The van der Waals surface area contributed by atoms with Crippen LogP contribution in [0.25, 0.3) is 54.1 Å². The minimum absolute atomic E-state index is 0.0304. The van der Waals surface area contributed by atoms with Crippen molar-refractivity contribution in [2.45, 2.75) is 33.1 Å². The number of fused-ring (bicyclic) bond motifs is 5. The van der Waals surface area contributed by atoms with Crippen LogP contribution in [0.2, 0.25) is 0 Å². The lowest BCUT2D eigenvalue weighted by Gasteiger charge is -2.22. The first-order valence-electron chi connectivity index (χ1n) is 10.6. The fourth-order valence-electron chi connectivity index (χ4n) is 4.67. The van der Waals surface area contributed by atoms with Crippen LogP contribution >= 0.6 is 11.3 Å². The van der Waals surface area contributed by atoms with E-state index < -0.39 is 0 Å². The number of benzene rings is 3. The lowest BCUT2D eigenvalue weighted by atomic mass is 9.82. The summed E-state index contributed by atoms with van der Waals surface area (Å²) in [7, 11) is 0. The lowest BCUT2D eigenvalue weighted by Crippen LogP contribution is -2.12. The predicted octanol–water partition coefficient (Wildman–Crippen LogP) is 8.62. The highest BCUT2D eigenvalue weighted by Gasteiger charge is 2.21. The Morgan fingerprint density at radius 1 is 0.839 bits per heavy atom. The molecule has 0 bridgehead atoms. The van der Waals surface area contributed by atoms with E-state index in [1.165, 1.54) is 31.3 Å². The molecule has 31 heavy (non-hydrogen) atoms. The molecule has 0 amide bonds. The summed E-state index contributed by atoms with van der Waals surface area (Å²) in [5, 5.41) is 6.02. The molecule has 0 spiro atoms. The molecule has 0 aliphatic rings. The van der Waals surface area contributed by atoms with Gasteiger partial charge in [-0.15, -0.1) is 11.3 Å². The second-order valence-electron chi connectivity index (χ2n) is 9.37. The summed E-state index contributed by atoms with van der Waals surface area (Å²) < 4.78 is 7.57. The van der Waals surface area contributed by atoms with Gasteiger partial charge in [0, 0.05) is 26.7 Å². The fraction of sp³-hybridized carbons (Fsp3) is 0.179. The van der Waals surface area contributed by atoms with E-state index >= 15 is 0 Å². The molecule has 0 unspecified atom stereocenters.